The second-order valence-corrected chi connectivity index (χ2v) is 5.72. The predicted octanol–water partition coefficient (Wildman–Crippen LogP) is 2.12. The highest BCUT2D eigenvalue weighted by Gasteiger charge is 2.14. The van der Waals surface area contributed by atoms with Gasteiger partial charge in [0.2, 0.25) is 0 Å². The molecule has 0 heterocycles. The van der Waals surface area contributed by atoms with Gasteiger partial charge in [-0.3, -0.25) is 0 Å². The van der Waals surface area contributed by atoms with E-state index >= 15 is 0 Å². The standard InChI is InChI=1S/C13H27N3S/c1-11(2)16(3)10-6-9-14-13(17)15-12-7-4-5-8-12/h11-12H,4-10H2,1-3H3,(H2,14,15,17). The molecule has 1 saturated carbocycles. The van der Waals surface area contributed by atoms with Crippen LogP contribution < -0.4 is 10.6 Å². The first-order chi connectivity index (χ1) is 8.09. The predicted molar refractivity (Wildman–Crippen MR) is 78.4 cm³/mol. The summed E-state index contributed by atoms with van der Waals surface area (Å²) >= 11 is 5.29. The molecule has 2 N–H and O–H groups in total. The summed E-state index contributed by atoms with van der Waals surface area (Å²) in [7, 11) is 2.17. The summed E-state index contributed by atoms with van der Waals surface area (Å²) in [6.45, 7) is 6.53. The Kier molecular flexibility index (Phi) is 6.82. The molecule has 100 valence electrons. The highest BCUT2D eigenvalue weighted by Crippen LogP contribution is 2.17. The van der Waals surface area contributed by atoms with Gasteiger partial charge in [0.25, 0.3) is 0 Å². The Bertz CT molecular complexity index is 225. The second-order valence-electron chi connectivity index (χ2n) is 5.31. The van der Waals surface area contributed by atoms with Gasteiger partial charge < -0.3 is 15.5 Å². The Morgan fingerprint density at radius 2 is 2.00 bits per heavy atom. The first-order valence-electron chi connectivity index (χ1n) is 6.84. The average molecular weight is 257 g/mol. The minimum atomic E-state index is 0.619. The molecular formula is C13H27N3S. The third kappa shape index (κ3) is 6.22. The number of thiocarbonyl (C=S) groups is 1. The number of hydrogen-bond donors (Lipinski definition) is 2. The summed E-state index contributed by atoms with van der Waals surface area (Å²) < 4.78 is 0. The normalized spacial score (nSPS) is 16.8. The summed E-state index contributed by atoms with van der Waals surface area (Å²) in [5, 5.41) is 7.53. The lowest BCUT2D eigenvalue weighted by Crippen LogP contribution is -2.41. The molecule has 0 amide bonds. The van der Waals surface area contributed by atoms with Crippen molar-refractivity contribution in [3.05, 3.63) is 0 Å². The molecule has 4 heteroatoms. The lowest BCUT2D eigenvalue weighted by Gasteiger charge is -2.21. The van der Waals surface area contributed by atoms with Crippen molar-refractivity contribution in [2.24, 2.45) is 0 Å². The van der Waals surface area contributed by atoms with E-state index < -0.39 is 0 Å². The number of rotatable bonds is 6. The largest absolute Gasteiger partial charge is 0.363 e. The molecule has 0 aromatic rings. The zero-order valence-electron chi connectivity index (χ0n) is 11.5. The van der Waals surface area contributed by atoms with E-state index in [0.29, 0.717) is 12.1 Å². The van der Waals surface area contributed by atoms with Crippen molar-refractivity contribution in [1.82, 2.24) is 15.5 Å². The molecule has 0 spiro atoms. The van der Waals surface area contributed by atoms with E-state index in [4.69, 9.17) is 12.2 Å². The Labute approximate surface area is 111 Å². The van der Waals surface area contributed by atoms with Crippen molar-refractivity contribution in [3.63, 3.8) is 0 Å². The molecule has 1 aliphatic rings. The molecule has 1 rings (SSSR count). The fraction of sp³-hybridized carbons (Fsp3) is 0.923. The smallest absolute Gasteiger partial charge is 0.166 e. The van der Waals surface area contributed by atoms with Crippen LogP contribution in [0.2, 0.25) is 0 Å². The van der Waals surface area contributed by atoms with E-state index in [-0.39, 0.29) is 0 Å². The topological polar surface area (TPSA) is 27.3 Å². The molecular weight excluding hydrogens is 230 g/mol. The molecule has 0 unspecified atom stereocenters. The van der Waals surface area contributed by atoms with Crippen molar-refractivity contribution in [1.29, 1.82) is 0 Å². The van der Waals surface area contributed by atoms with Crippen LogP contribution in [0, 0.1) is 0 Å². The maximum Gasteiger partial charge on any atom is 0.166 e. The number of hydrogen-bond acceptors (Lipinski definition) is 2. The highest BCUT2D eigenvalue weighted by atomic mass is 32.1. The fourth-order valence-electron chi connectivity index (χ4n) is 2.10. The van der Waals surface area contributed by atoms with Crippen LogP contribution in [0.3, 0.4) is 0 Å². The van der Waals surface area contributed by atoms with Crippen LogP contribution in [-0.2, 0) is 0 Å². The molecule has 0 radical (unpaired) electrons. The van der Waals surface area contributed by atoms with E-state index in [2.05, 4.69) is 36.4 Å². The van der Waals surface area contributed by atoms with Gasteiger partial charge in [-0.2, -0.15) is 0 Å². The van der Waals surface area contributed by atoms with Gasteiger partial charge in [0.1, 0.15) is 0 Å². The third-order valence-electron chi connectivity index (χ3n) is 3.55. The monoisotopic (exact) mass is 257 g/mol. The van der Waals surface area contributed by atoms with Crippen LogP contribution in [0.15, 0.2) is 0 Å². The molecule has 0 aromatic heterocycles. The molecule has 0 atom stereocenters. The Morgan fingerprint density at radius 1 is 1.35 bits per heavy atom. The SMILES string of the molecule is CC(C)N(C)CCCNC(=S)NC1CCCC1. The van der Waals surface area contributed by atoms with Crippen molar-refractivity contribution in [3.8, 4) is 0 Å². The van der Waals surface area contributed by atoms with Crippen molar-refractivity contribution in [2.75, 3.05) is 20.1 Å². The van der Waals surface area contributed by atoms with Gasteiger partial charge in [-0.25, -0.2) is 0 Å². The first-order valence-corrected chi connectivity index (χ1v) is 7.25. The van der Waals surface area contributed by atoms with Gasteiger partial charge in [-0.05, 0) is 58.9 Å². The summed E-state index contributed by atoms with van der Waals surface area (Å²) in [5.74, 6) is 0. The second kappa shape index (κ2) is 7.88. The molecule has 0 saturated heterocycles. The van der Waals surface area contributed by atoms with E-state index in [1.807, 2.05) is 0 Å². The van der Waals surface area contributed by atoms with E-state index in [9.17, 15) is 0 Å². The first kappa shape index (κ1) is 14.7. The van der Waals surface area contributed by atoms with Crippen LogP contribution >= 0.6 is 12.2 Å². The van der Waals surface area contributed by atoms with Gasteiger partial charge in [-0.15, -0.1) is 0 Å². The molecule has 17 heavy (non-hydrogen) atoms. The highest BCUT2D eigenvalue weighted by molar-refractivity contribution is 7.80. The zero-order valence-corrected chi connectivity index (χ0v) is 12.3. The quantitative estimate of drug-likeness (QED) is 0.563. The molecule has 3 nitrogen and oxygen atoms in total. The Balaban J connectivity index is 2.00. The Morgan fingerprint density at radius 3 is 2.59 bits per heavy atom. The average Bonchev–Trinajstić information content (AvgIpc) is 2.76. The summed E-state index contributed by atoms with van der Waals surface area (Å²) in [6, 6.07) is 1.24. The summed E-state index contributed by atoms with van der Waals surface area (Å²) in [4.78, 5) is 2.36. The van der Waals surface area contributed by atoms with Gasteiger partial charge in [0, 0.05) is 18.6 Å². The van der Waals surface area contributed by atoms with E-state index in [0.717, 1.165) is 24.6 Å². The van der Waals surface area contributed by atoms with Gasteiger partial charge in [0.15, 0.2) is 5.11 Å². The van der Waals surface area contributed by atoms with E-state index in [1.165, 1.54) is 25.7 Å². The number of nitrogens with one attached hydrogen (secondary N) is 2. The summed E-state index contributed by atoms with van der Waals surface area (Å²) in [5.41, 5.74) is 0. The Hall–Kier alpha value is -0.350. The van der Waals surface area contributed by atoms with Crippen LogP contribution in [0.4, 0.5) is 0 Å². The lowest BCUT2D eigenvalue weighted by molar-refractivity contribution is 0.271. The number of nitrogens with zero attached hydrogens (tertiary/aromatic N) is 1. The van der Waals surface area contributed by atoms with Gasteiger partial charge >= 0.3 is 0 Å². The minimum absolute atomic E-state index is 0.619. The maximum atomic E-state index is 5.29. The lowest BCUT2D eigenvalue weighted by atomic mass is 10.2. The fourth-order valence-corrected chi connectivity index (χ4v) is 2.36. The van der Waals surface area contributed by atoms with Crippen LogP contribution in [-0.4, -0.2) is 42.2 Å². The third-order valence-corrected chi connectivity index (χ3v) is 3.81. The molecule has 1 fully saturated rings. The van der Waals surface area contributed by atoms with Crippen molar-refractivity contribution < 1.29 is 0 Å². The van der Waals surface area contributed by atoms with Crippen LogP contribution in [0.1, 0.15) is 46.0 Å². The van der Waals surface area contributed by atoms with Crippen LogP contribution in [0.5, 0.6) is 0 Å². The van der Waals surface area contributed by atoms with Crippen molar-refractivity contribution in [2.45, 2.75) is 58.0 Å². The van der Waals surface area contributed by atoms with Gasteiger partial charge in [0.05, 0.1) is 0 Å². The van der Waals surface area contributed by atoms with E-state index in [1.54, 1.807) is 0 Å². The van der Waals surface area contributed by atoms with Crippen LogP contribution in [0.25, 0.3) is 0 Å². The van der Waals surface area contributed by atoms with Gasteiger partial charge in [-0.1, -0.05) is 12.8 Å². The molecule has 1 aliphatic carbocycles. The minimum Gasteiger partial charge on any atom is -0.363 e. The maximum absolute atomic E-state index is 5.29. The molecule has 0 bridgehead atoms. The summed E-state index contributed by atoms with van der Waals surface area (Å²) in [6.07, 6.45) is 6.38. The molecule has 0 aromatic carbocycles. The molecule has 0 aliphatic heterocycles. The van der Waals surface area contributed by atoms with Crippen molar-refractivity contribution >= 4 is 17.3 Å². The zero-order chi connectivity index (χ0) is 12.7.